The molecule has 13 nitrogen and oxygen atoms in total. The van der Waals surface area contributed by atoms with E-state index in [0.29, 0.717) is 28.0 Å². The smallest absolute Gasteiger partial charge is 0.230 e. The van der Waals surface area contributed by atoms with Crippen LogP contribution in [0.5, 0.6) is 0 Å². The summed E-state index contributed by atoms with van der Waals surface area (Å²) in [5.41, 5.74) is 0.889. The summed E-state index contributed by atoms with van der Waals surface area (Å²) >= 11 is 1.31. The van der Waals surface area contributed by atoms with Gasteiger partial charge in [-0.3, -0.25) is 5.32 Å². The van der Waals surface area contributed by atoms with E-state index in [1.807, 2.05) is 46.1 Å². The Labute approximate surface area is 313 Å². The fourth-order valence-electron chi connectivity index (χ4n) is 7.01. The molecule has 53 heavy (non-hydrogen) atoms. The molecule has 0 aliphatic carbocycles. The molecular formula is C36H43F2N11O2S2. The zero-order valence-corrected chi connectivity index (χ0v) is 32.4. The Bertz CT molecular complexity index is 2150. The van der Waals surface area contributed by atoms with Gasteiger partial charge in [0.1, 0.15) is 32.9 Å². The summed E-state index contributed by atoms with van der Waals surface area (Å²) in [5.74, 6) is 0.433. The summed E-state index contributed by atoms with van der Waals surface area (Å²) in [5, 5.41) is 4.18. The number of halogens is 2. The third-order valence-corrected chi connectivity index (χ3v) is 12.2. The first-order valence-corrected chi connectivity index (χ1v) is 19.5. The van der Waals surface area contributed by atoms with Crippen molar-refractivity contribution in [2.24, 2.45) is 5.41 Å². The molecule has 4 aromatic heterocycles. The van der Waals surface area contributed by atoms with E-state index >= 15 is 8.78 Å². The molecular weight excluding hydrogens is 721 g/mol. The fraction of sp³-hybridized carbons (Fsp3) is 0.472. The Balaban J connectivity index is 1.01. The van der Waals surface area contributed by atoms with Gasteiger partial charge in [-0.05, 0) is 91.3 Å². The molecule has 2 aliphatic rings. The van der Waals surface area contributed by atoms with Gasteiger partial charge in [0.2, 0.25) is 11.9 Å². The minimum absolute atomic E-state index is 0.0142. The van der Waals surface area contributed by atoms with Crippen LogP contribution in [0.4, 0.5) is 26.5 Å². The molecule has 5 aromatic rings. The highest BCUT2D eigenvalue weighted by Crippen LogP contribution is 2.43. The highest BCUT2D eigenvalue weighted by molar-refractivity contribution is 7.99. The molecule has 3 atom stereocenters. The van der Waals surface area contributed by atoms with Gasteiger partial charge in [0.25, 0.3) is 0 Å². The van der Waals surface area contributed by atoms with Crippen molar-refractivity contribution in [1.29, 1.82) is 0 Å². The number of imidazole rings is 1. The molecule has 280 valence electrons. The van der Waals surface area contributed by atoms with Crippen molar-refractivity contribution < 1.29 is 17.7 Å². The van der Waals surface area contributed by atoms with E-state index in [1.165, 1.54) is 17.8 Å². The van der Waals surface area contributed by atoms with Gasteiger partial charge in [0.05, 0.1) is 58.6 Å². The van der Waals surface area contributed by atoms with E-state index in [9.17, 15) is 4.21 Å². The van der Waals surface area contributed by atoms with Gasteiger partial charge in [0, 0.05) is 36.3 Å². The van der Waals surface area contributed by atoms with E-state index in [-0.39, 0.29) is 57.0 Å². The molecule has 1 aromatic carbocycles. The van der Waals surface area contributed by atoms with E-state index in [1.54, 1.807) is 30.7 Å². The standard InChI is InChI=1S/C36H43F2N11O2S2/c1-20(2)49-22(4)43-31-24(37)14-23(15-26(31)49)30-25(38)16-42-34(45-30)46-33-39-11-8-28(44-33)52-29-18-40-27(17-41-29)48-12-9-36(10-13-48)19-51-21(3)32(36)47-53(50)35(5,6)7/h8,11,14-18,20-21,32,47H,9-10,12-13,19H2,1-7H3,(H,39,42,44,45,46)/t21-,32+,53+/m0/s1. The van der Waals surface area contributed by atoms with E-state index in [0.717, 1.165) is 37.9 Å². The van der Waals surface area contributed by atoms with Crippen LogP contribution in [-0.4, -0.2) is 80.3 Å². The maximum Gasteiger partial charge on any atom is 0.230 e. The largest absolute Gasteiger partial charge is 0.376 e. The summed E-state index contributed by atoms with van der Waals surface area (Å²) in [4.78, 5) is 33.2. The first kappa shape index (κ1) is 37.1. The van der Waals surface area contributed by atoms with Crippen LogP contribution in [0.2, 0.25) is 0 Å². The van der Waals surface area contributed by atoms with E-state index in [4.69, 9.17) is 9.72 Å². The molecule has 0 unspecified atom stereocenters. The molecule has 1 spiro atoms. The van der Waals surface area contributed by atoms with Gasteiger partial charge >= 0.3 is 0 Å². The number of anilines is 3. The van der Waals surface area contributed by atoms with Crippen LogP contribution in [0.25, 0.3) is 22.3 Å². The highest BCUT2D eigenvalue weighted by Gasteiger charge is 2.50. The Kier molecular flexibility index (Phi) is 10.2. The lowest BCUT2D eigenvalue weighted by atomic mass is 9.73. The van der Waals surface area contributed by atoms with Crippen LogP contribution in [0.15, 0.2) is 53.0 Å². The second-order valence-corrected chi connectivity index (χ2v) is 17.9. The molecule has 0 saturated carbocycles. The predicted molar refractivity (Wildman–Crippen MR) is 201 cm³/mol. The van der Waals surface area contributed by atoms with Crippen LogP contribution in [0, 0.1) is 24.0 Å². The van der Waals surface area contributed by atoms with Crippen molar-refractivity contribution >= 4 is 51.5 Å². The average Bonchev–Trinajstić information content (AvgIpc) is 3.61. The first-order chi connectivity index (χ1) is 25.2. The van der Waals surface area contributed by atoms with Crippen molar-refractivity contribution in [3.05, 3.63) is 60.4 Å². The number of nitrogens with one attached hydrogen (secondary N) is 2. The highest BCUT2D eigenvalue weighted by atomic mass is 32.2. The molecule has 0 radical (unpaired) electrons. The minimum Gasteiger partial charge on any atom is -0.376 e. The number of fused-ring (bicyclic) bond motifs is 1. The van der Waals surface area contributed by atoms with Crippen molar-refractivity contribution in [3.8, 4) is 11.3 Å². The number of nitrogens with zero attached hydrogens (tertiary/aromatic N) is 9. The summed E-state index contributed by atoms with van der Waals surface area (Å²) in [6.45, 7) is 16.0. The zero-order valence-electron chi connectivity index (χ0n) is 30.7. The lowest BCUT2D eigenvalue weighted by Gasteiger charge is -2.43. The van der Waals surface area contributed by atoms with Crippen molar-refractivity contribution in [2.75, 3.05) is 29.9 Å². The van der Waals surface area contributed by atoms with Crippen LogP contribution in [0.1, 0.15) is 66.3 Å². The molecule has 6 heterocycles. The number of ether oxygens (including phenoxy) is 1. The Morgan fingerprint density at radius 3 is 2.43 bits per heavy atom. The van der Waals surface area contributed by atoms with Gasteiger partial charge in [0.15, 0.2) is 11.6 Å². The minimum atomic E-state index is -1.18. The monoisotopic (exact) mass is 763 g/mol. The lowest BCUT2D eigenvalue weighted by molar-refractivity contribution is 0.0973. The number of hydrogen-bond acceptors (Lipinski definition) is 12. The van der Waals surface area contributed by atoms with Crippen molar-refractivity contribution in [1.82, 2.24) is 44.2 Å². The maximum atomic E-state index is 15.1. The average molecular weight is 764 g/mol. The molecule has 17 heteroatoms. The van der Waals surface area contributed by atoms with Crippen molar-refractivity contribution in [3.63, 3.8) is 0 Å². The molecule has 2 N–H and O–H groups in total. The van der Waals surface area contributed by atoms with Crippen molar-refractivity contribution in [2.45, 2.75) is 94.3 Å². The SMILES string of the molecule is Cc1nc2c(F)cc(-c3nc(Nc4nccc(Sc5cnc(N6CCC7(CC6)CO[C@@H](C)[C@H]7N[S@](=O)C(C)(C)C)cn5)n4)ncc3F)cc2n1C(C)C. The Hall–Kier alpha value is -4.19. The quantitative estimate of drug-likeness (QED) is 0.157. The van der Waals surface area contributed by atoms with Gasteiger partial charge in [-0.1, -0.05) is 0 Å². The normalized spacial score (nSPS) is 19.4. The van der Waals surface area contributed by atoms with Gasteiger partial charge in [-0.25, -0.2) is 52.6 Å². The number of aryl methyl sites for hydroxylation is 1. The van der Waals surface area contributed by atoms with Gasteiger partial charge in [-0.2, -0.15) is 0 Å². The number of benzene rings is 1. The number of aromatic nitrogens is 8. The topological polar surface area (TPSA) is 149 Å². The second-order valence-electron chi connectivity index (χ2n) is 14.8. The summed E-state index contributed by atoms with van der Waals surface area (Å²) in [6.07, 6.45) is 7.86. The summed E-state index contributed by atoms with van der Waals surface area (Å²) in [6, 6.07) is 4.70. The first-order valence-electron chi connectivity index (χ1n) is 17.6. The van der Waals surface area contributed by atoms with E-state index in [2.05, 4.69) is 51.8 Å². The number of hydrogen-bond donors (Lipinski definition) is 2. The van der Waals surface area contributed by atoms with E-state index < -0.39 is 22.6 Å². The fourth-order valence-corrected chi connectivity index (χ4v) is 8.72. The van der Waals surface area contributed by atoms with Crippen LogP contribution in [-0.2, 0) is 15.7 Å². The van der Waals surface area contributed by atoms with Crippen LogP contribution < -0.4 is 14.9 Å². The lowest BCUT2D eigenvalue weighted by Crippen LogP contribution is -2.55. The zero-order chi connectivity index (χ0) is 37.7. The van der Waals surface area contributed by atoms with Crippen LogP contribution in [0.3, 0.4) is 0 Å². The third-order valence-electron chi connectivity index (χ3n) is 9.77. The van der Waals surface area contributed by atoms with Gasteiger partial charge < -0.3 is 14.2 Å². The third kappa shape index (κ3) is 7.61. The number of rotatable bonds is 9. The maximum absolute atomic E-state index is 15.1. The molecule has 2 saturated heterocycles. The Morgan fingerprint density at radius 1 is 0.981 bits per heavy atom. The summed E-state index contributed by atoms with van der Waals surface area (Å²) in [7, 11) is -1.18. The summed E-state index contributed by atoms with van der Waals surface area (Å²) < 4.78 is 54.2. The van der Waals surface area contributed by atoms with Gasteiger partial charge in [-0.15, -0.1) is 0 Å². The Morgan fingerprint density at radius 2 is 1.74 bits per heavy atom. The number of piperidine rings is 1. The molecule has 0 bridgehead atoms. The second kappa shape index (κ2) is 14.6. The molecule has 7 rings (SSSR count). The molecule has 2 fully saturated rings. The van der Waals surface area contributed by atoms with Crippen LogP contribution >= 0.6 is 11.8 Å². The predicted octanol–water partition coefficient (Wildman–Crippen LogP) is 6.56. The molecule has 0 amide bonds. The molecule has 2 aliphatic heterocycles.